The average Bonchev–Trinajstić information content (AvgIpc) is 3.61. The van der Waals surface area contributed by atoms with Gasteiger partial charge in [-0.3, -0.25) is 9.59 Å². The molecule has 3 fully saturated rings. The van der Waals surface area contributed by atoms with Gasteiger partial charge in [0.1, 0.15) is 11.9 Å². The molecule has 3 saturated carbocycles. The number of fused-ring (bicyclic) bond motifs is 1. The van der Waals surface area contributed by atoms with Crippen LogP contribution in [-0.4, -0.2) is 21.7 Å². The van der Waals surface area contributed by atoms with Gasteiger partial charge in [-0.1, -0.05) is 25.5 Å². The lowest BCUT2D eigenvalue weighted by Crippen LogP contribution is -2.36. The third kappa shape index (κ3) is 3.73. The van der Waals surface area contributed by atoms with Gasteiger partial charge in [-0.15, -0.1) is 0 Å². The molecule has 5 aliphatic rings. The highest BCUT2D eigenvalue weighted by Crippen LogP contribution is 2.55. The van der Waals surface area contributed by atoms with Gasteiger partial charge in [0.05, 0.1) is 0 Å². The van der Waals surface area contributed by atoms with E-state index in [9.17, 15) is 19.1 Å². The van der Waals surface area contributed by atoms with Crippen molar-refractivity contribution >= 4 is 23.5 Å². The quantitative estimate of drug-likeness (QED) is 0.595. The van der Waals surface area contributed by atoms with Gasteiger partial charge in [-0.2, -0.15) is 0 Å². The normalized spacial score (nSPS) is 29.4. The standard InChI is InChI=1S/C30H36FNO3/c1-17-24(19-10-14-30(15-11-19)12-2-3-13-30)25(27(17)33)18-4-6-20(7-5-18)28(34)29(35)21-16-32-23-9-8-22(31)26(21)23/h9,16,18-20,29,32,35H,1-8,10-15H2. The van der Waals surface area contributed by atoms with Crippen LogP contribution in [0.25, 0.3) is 11.9 Å². The molecule has 0 bridgehead atoms. The smallest absolute Gasteiger partial charge is 0.189 e. The van der Waals surface area contributed by atoms with E-state index in [0.717, 1.165) is 24.0 Å². The number of hydrogen-bond acceptors (Lipinski definition) is 3. The molecule has 5 heteroatoms. The lowest BCUT2D eigenvalue weighted by Gasteiger charge is -2.43. The minimum atomic E-state index is -1.31. The van der Waals surface area contributed by atoms with Crippen LogP contribution < -0.4 is 10.6 Å². The van der Waals surface area contributed by atoms with E-state index in [0.29, 0.717) is 40.3 Å². The first-order chi connectivity index (χ1) is 16.9. The SMILES string of the molecule is C=C1C(=O)C(C2CCC(C(=O)C(O)c3c[nH]c4c3=C(F)CC=4)CC2)=C1C1CCC2(CCCC2)CC1. The van der Waals surface area contributed by atoms with Gasteiger partial charge in [-0.25, -0.2) is 4.39 Å². The van der Waals surface area contributed by atoms with Crippen molar-refractivity contribution < 1.29 is 19.1 Å². The molecule has 0 aliphatic heterocycles. The van der Waals surface area contributed by atoms with E-state index >= 15 is 0 Å². The van der Waals surface area contributed by atoms with Crippen molar-refractivity contribution in [3.05, 3.63) is 45.6 Å². The molecule has 1 heterocycles. The second-order valence-corrected chi connectivity index (χ2v) is 11.8. The van der Waals surface area contributed by atoms with E-state index < -0.39 is 6.10 Å². The fraction of sp³-hybridized carbons (Fsp3) is 0.600. The summed E-state index contributed by atoms with van der Waals surface area (Å²) in [5.41, 5.74) is 3.92. The summed E-state index contributed by atoms with van der Waals surface area (Å²) in [5, 5.41) is 11.8. The lowest BCUT2D eigenvalue weighted by molar-refractivity contribution is -0.132. The molecule has 4 nitrogen and oxygen atoms in total. The maximum Gasteiger partial charge on any atom is 0.189 e. The van der Waals surface area contributed by atoms with Crippen LogP contribution in [0.4, 0.5) is 4.39 Å². The van der Waals surface area contributed by atoms with Crippen LogP contribution in [-0.2, 0) is 9.59 Å². The Balaban J connectivity index is 1.13. The van der Waals surface area contributed by atoms with Gasteiger partial charge >= 0.3 is 0 Å². The van der Waals surface area contributed by atoms with Crippen LogP contribution >= 0.6 is 0 Å². The van der Waals surface area contributed by atoms with Crippen molar-refractivity contribution in [1.82, 2.24) is 4.98 Å². The largest absolute Gasteiger partial charge is 0.380 e. The van der Waals surface area contributed by atoms with E-state index in [1.54, 1.807) is 12.3 Å². The fourth-order valence-electron chi connectivity index (χ4n) is 7.99. The summed E-state index contributed by atoms with van der Waals surface area (Å²) in [4.78, 5) is 29.0. The summed E-state index contributed by atoms with van der Waals surface area (Å²) in [6, 6.07) is 0. The first-order valence-corrected chi connectivity index (χ1v) is 13.6. The predicted molar refractivity (Wildman–Crippen MR) is 133 cm³/mol. The third-order valence-corrected chi connectivity index (χ3v) is 10.1. The number of rotatable bonds is 5. The molecule has 1 aromatic heterocycles. The Morgan fingerprint density at radius 2 is 1.69 bits per heavy atom. The molecule has 1 unspecified atom stereocenters. The number of aromatic nitrogens is 1. The van der Waals surface area contributed by atoms with E-state index in [4.69, 9.17) is 0 Å². The van der Waals surface area contributed by atoms with E-state index in [2.05, 4.69) is 11.6 Å². The first kappa shape index (κ1) is 23.1. The molecule has 35 heavy (non-hydrogen) atoms. The Labute approximate surface area is 206 Å². The minimum absolute atomic E-state index is 0.140. The number of halogens is 1. The second-order valence-electron chi connectivity index (χ2n) is 11.8. The van der Waals surface area contributed by atoms with Crippen molar-refractivity contribution in [1.29, 1.82) is 0 Å². The van der Waals surface area contributed by atoms with Gasteiger partial charge in [0, 0.05) is 45.8 Å². The van der Waals surface area contributed by atoms with Crippen LogP contribution in [0.2, 0.25) is 0 Å². The highest BCUT2D eigenvalue weighted by atomic mass is 19.1. The minimum Gasteiger partial charge on any atom is -0.380 e. The van der Waals surface area contributed by atoms with E-state index in [-0.39, 0.29) is 35.6 Å². The average molecular weight is 478 g/mol. The lowest BCUT2D eigenvalue weighted by atomic mass is 9.60. The number of nitrogens with one attached hydrogen (secondary N) is 1. The third-order valence-electron chi connectivity index (χ3n) is 10.1. The summed E-state index contributed by atoms with van der Waals surface area (Å²) < 4.78 is 14.2. The first-order valence-electron chi connectivity index (χ1n) is 13.6. The van der Waals surface area contributed by atoms with Crippen LogP contribution in [0.1, 0.15) is 95.1 Å². The maximum atomic E-state index is 14.2. The number of Topliss-reactive ketones (excluding diaryl/α,β-unsaturated/α-hetero) is 2. The van der Waals surface area contributed by atoms with E-state index in [1.165, 1.54) is 56.9 Å². The highest BCUT2D eigenvalue weighted by Gasteiger charge is 2.45. The number of hydrogen-bond donors (Lipinski definition) is 2. The number of carbonyl (C=O) groups excluding carboxylic acids is 2. The monoisotopic (exact) mass is 477 g/mol. The fourth-order valence-corrected chi connectivity index (χ4v) is 7.99. The molecule has 5 aliphatic carbocycles. The Morgan fingerprint density at radius 1 is 1.03 bits per heavy atom. The van der Waals surface area contributed by atoms with Crippen LogP contribution in [0, 0.1) is 23.2 Å². The summed E-state index contributed by atoms with van der Waals surface area (Å²) >= 11 is 0. The molecular weight excluding hydrogens is 441 g/mol. The molecule has 0 amide bonds. The van der Waals surface area contributed by atoms with Crippen LogP contribution in [0.15, 0.2) is 29.5 Å². The maximum absolute atomic E-state index is 14.2. The second kappa shape index (κ2) is 8.69. The molecule has 1 spiro atoms. The van der Waals surface area contributed by atoms with Gasteiger partial charge in [0.15, 0.2) is 11.6 Å². The zero-order valence-corrected chi connectivity index (χ0v) is 20.5. The Kier molecular flexibility index (Phi) is 5.75. The predicted octanol–water partition coefficient (Wildman–Crippen LogP) is 4.87. The molecule has 6 rings (SSSR count). The van der Waals surface area contributed by atoms with Crippen LogP contribution in [0.3, 0.4) is 0 Å². The van der Waals surface area contributed by atoms with E-state index in [1.807, 2.05) is 0 Å². The summed E-state index contributed by atoms with van der Waals surface area (Å²) in [5.74, 6) is 0.0413. The number of aliphatic hydroxyl groups is 1. The zero-order valence-electron chi connectivity index (χ0n) is 20.5. The Bertz CT molecular complexity index is 1230. The van der Waals surface area contributed by atoms with Crippen molar-refractivity contribution in [2.45, 2.75) is 89.6 Å². The van der Waals surface area contributed by atoms with Crippen LogP contribution in [0.5, 0.6) is 0 Å². The molecule has 0 radical (unpaired) electrons. The number of H-pyrrole nitrogens is 1. The van der Waals surface area contributed by atoms with Crippen molar-refractivity contribution in [3.63, 3.8) is 0 Å². The summed E-state index contributed by atoms with van der Waals surface area (Å²) in [6.45, 7) is 4.13. The molecular formula is C30H36FNO3. The molecule has 186 valence electrons. The summed E-state index contributed by atoms with van der Waals surface area (Å²) in [7, 11) is 0. The van der Waals surface area contributed by atoms with Crippen molar-refractivity contribution in [2.24, 2.45) is 23.2 Å². The number of aromatic amines is 1. The zero-order chi connectivity index (χ0) is 24.3. The van der Waals surface area contributed by atoms with Gasteiger partial charge in [0.2, 0.25) is 0 Å². The number of allylic oxidation sites excluding steroid dienone is 3. The Hall–Kier alpha value is -2.27. The molecule has 0 aromatic carbocycles. The molecule has 2 N–H and O–H groups in total. The van der Waals surface area contributed by atoms with Crippen molar-refractivity contribution in [2.75, 3.05) is 0 Å². The summed E-state index contributed by atoms with van der Waals surface area (Å²) in [6.07, 6.45) is 15.5. The number of aliphatic hydroxyl groups excluding tert-OH is 1. The van der Waals surface area contributed by atoms with Gasteiger partial charge in [-0.05, 0) is 87.0 Å². The molecule has 1 atom stereocenters. The van der Waals surface area contributed by atoms with Crippen molar-refractivity contribution in [3.8, 4) is 0 Å². The molecule has 1 aromatic rings. The Morgan fingerprint density at radius 3 is 2.37 bits per heavy atom. The molecule has 0 saturated heterocycles. The highest BCUT2D eigenvalue weighted by molar-refractivity contribution is 6.20. The number of ketones is 2. The number of carbonyl (C=O) groups is 2. The van der Waals surface area contributed by atoms with Gasteiger partial charge < -0.3 is 10.1 Å². The topological polar surface area (TPSA) is 70.2 Å². The van der Waals surface area contributed by atoms with Gasteiger partial charge in [0.25, 0.3) is 0 Å².